The van der Waals surface area contributed by atoms with Crippen LogP contribution in [0.5, 0.6) is 5.88 Å². The van der Waals surface area contributed by atoms with Gasteiger partial charge in [0.05, 0.1) is 5.69 Å². The van der Waals surface area contributed by atoms with Crippen LogP contribution in [-0.2, 0) is 0 Å². The predicted molar refractivity (Wildman–Crippen MR) is 123 cm³/mol. The summed E-state index contributed by atoms with van der Waals surface area (Å²) in [4.78, 5) is 17.4. The Morgan fingerprint density at radius 1 is 0.935 bits per heavy atom. The number of H-pyrrole nitrogens is 1. The van der Waals surface area contributed by atoms with Crippen LogP contribution in [0.1, 0.15) is 12.8 Å². The van der Waals surface area contributed by atoms with E-state index in [-0.39, 0.29) is 6.10 Å². The van der Waals surface area contributed by atoms with Gasteiger partial charge in [-0.15, -0.1) is 0 Å². The Kier molecular flexibility index (Phi) is 5.86. The fourth-order valence-electron chi connectivity index (χ4n) is 4.27. The highest BCUT2D eigenvalue weighted by Crippen LogP contribution is 2.27. The standard InChI is InChI=1S/C24H30N6O/c1-29-12-7-20(8-13-29)31-24-5-2-19(17-27-24)22-16-18(6-9-26-22)21-3-4-23(28-21)30-14-10-25-11-15-30/h2-6,9,16-17,20,25,28H,7-8,10-15H2,1H3. The number of pyridine rings is 2. The summed E-state index contributed by atoms with van der Waals surface area (Å²) in [6.45, 7) is 6.26. The van der Waals surface area contributed by atoms with Gasteiger partial charge < -0.3 is 24.8 Å². The van der Waals surface area contributed by atoms with E-state index < -0.39 is 0 Å². The zero-order valence-corrected chi connectivity index (χ0v) is 18.1. The number of nitrogens with one attached hydrogen (secondary N) is 2. The molecule has 0 saturated carbocycles. The van der Waals surface area contributed by atoms with Crippen molar-refractivity contribution in [3.8, 4) is 28.4 Å². The molecule has 2 fully saturated rings. The summed E-state index contributed by atoms with van der Waals surface area (Å²) in [5, 5.41) is 3.40. The molecule has 0 aliphatic carbocycles. The molecule has 0 aromatic carbocycles. The molecule has 0 bridgehead atoms. The second kappa shape index (κ2) is 9.08. The van der Waals surface area contributed by atoms with Gasteiger partial charge in [0.1, 0.15) is 11.9 Å². The monoisotopic (exact) mass is 418 g/mol. The van der Waals surface area contributed by atoms with Crippen LogP contribution in [-0.4, -0.2) is 72.3 Å². The average molecular weight is 419 g/mol. The molecule has 3 aromatic heterocycles. The van der Waals surface area contributed by atoms with Crippen molar-refractivity contribution in [2.45, 2.75) is 18.9 Å². The van der Waals surface area contributed by atoms with E-state index in [0.717, 1.165) is 74.6 Å². The van der Waals surface area contributed by atoms with Crippen molar-refractivity contribution < 1.29 is 4.74 Å². The largest absolute Gasteiger partial charge is 0.474 e. The molecule has 7 nitrogen and oxygen atoms in total. The van der Waals surface area contributed by atoms with Crippen molar-refractivity contribution in [3.05, 3.63) is 48.8 Å². The lowest BCUT2D eigenvalue weighted by atomic mass is 10.1. The lowest BCUT2D eigenvalue weighted by Crippen LogP contribution is -2.43. The van der Waals surface area contributed by atoms with Gasteiger partial charge in [-0.05, 0) is 50.2 Å². The summed E-state index contributed by atoms with van der Waals surface area (Å²) in [6, 6.07) is 12.5. The van der Waals surface area contributed by atoms with Crippen LogP contribution < -0.4 is 15.0 Å². The van der Waals surface area contributed by atoms with Crippen LogP contribution in [0.15, 0.2) is 48.8 Å². The molecule has 2 aliphatic rings. The Bertz CT molecular complexity index is 987. The van der Waals surface area contributed by atoms with Crippen molar-refractivity contribution >= 4 is 5.82 Å². The smallest absolute Gasteiger partial charge is 0.213 e. The number of piperidine rings is 1. The third-order valence-electron chi connectivity index (χ3n) is 6.18. The Morgan fingerprint density at radius 3 is 2.55 bits per heavy atom. The van der Waals surface area contributed by atoms with Crippen molar-refractivity contribution in [2.24, 2.45) is 0 Å². The number of aromatic amines is 1. The summed E-state index contributed by atoms with van der Waals surface area (Å²) >= 11 is 0. The topological polar surface area (TPSA) is 69.3 Å². The van der Waals surface area contributed by atoms with Crippen LogP contribution >= 0.6 is 0 Å². The highest BCUT2D eigenvalue weighted by Gasteiger charge is 2.18. The van der Waals surface area contributed by atoms with E-state index in [1.54, 1.807) is 0 Å². The zero-order chi connectivity index (χ0) is 21.0. The maximum Gasteiger partial charge on any atom is 0.213 e. The molecule has 2 saturated heterocycles. The molecular weight excluding hydrogens is 388 g/mol. The number of rotatable bonds is 5. The molecule has 0 amide bonds. The van der Waals surface area contributed by atoms with Crippen LogP contribution in [0, 0.1) is 0 Å². The number of anilines is 1. The Labute approximate surface area is 183 Å². The molecule has 0 atom stereocenters. The second-order valence-corrected chi connectivity index (χ2v) is 8.43. The summed E-state index contributed by atoms with van der Waals surface area (Å²) in [7, 11) is 2.16. The number of piperazine rings is 1. The minimum absolute atomic E-state index is 0.258. The molecule has 5 heterocycles. The number of ether oxygens (including phenoxy) is 1. The van der Waals surface area contributed by atoms with Gasteiger partial charge in [0.15, 0.2) is 0 Å². The molecule has 3 aromatic rings. The van der Waals surface area contributed by atoms with Crippen molar-refractivity contribution in [1.29, 1.82) is 0 Å². The first kappa shape index (κ1) is 20.0. The number of hydrogen-bond acceptors (Lipinski definition) is 6. The SMILES string of the molecule is CN1CCC(Oc2ccc(-c3cc(-c4ccc(N5CCNCC5)[nH]4)ccn3)cn2)CC1. The molecule has 162 valence electrons. The maximum atomic E-state index is 6.08. The molecule has 2 aliphatic heterocycles. The van der Waals surface area contributed by atoms with Crippen LogP contribution in [0.25, 0.3) is 22.5 Å². The molecule has 0 unspecified atom stereocenters. The third-order valence-corrected chi connectivity index (χ3v) is 6.18. The summed E-state index contributed by atoms with van der Waals surface area (Å²) < 4.78 is 6.08. The minimum atomic E-state index is 0.258. The van der Waals surface area contributed by atoms with E-state index >= 15 is 0 Å². The molecule has 5 rings (SSSR count). The summed E-state index contributed by atoms with van der Waals surface area (Å²) in [5.74, 6) is 1.87. The highest BCUT2D eigenvalue weighted by molar-refractivity contribution is 5.69. The van der Waals surface area contributed by atoms with E-state index in [4.69, 9.17) is 4.74 Å². The number of nitrogens with zero attached hydrogens (tertiary/aromatic N) is 4. The normalized spacial score (nSPS) is 18.3. The first-order valence-electron chi connectivity index (χ1n) is 11.2. The number of aromatic nitrogens is 3. The Balaban J connectivity index is 1.28. The lowest BCUT2D eigenvalue weighted by molar-refractivity contribution is 0.110. The first-order chi connectivity index (χ1) is 15.2. The Hall–Kier alpha value is -2.90. The van der Waals surface area contributed by atoms with Gasteiger partial charge >= 0.3 is 0 Å². The number of likely N-dealkylation sites (tertiary alicyclic amines) is 1. The van der Waals surface area contributed by atoms with E-state index in [1.165, 1.54) is 5.82 Å². The molecule has 31 heavy (non-hydrogen) atoms. The third kappa shape index (κ3) is 4.73. The summed E-state index contributed by atoms with van der Waals surface area (Å²) in [6.07, 6.45) is 6.08. The highest BCUT2D eigenvalue weighted by atomic mass is 16.5. The zero-order valence-electron chi connectivity index (χ0n) is 18.1. The van der Waals surface area contributed by atoms with Crippen molar-refractivity contribution in [2.75, 3.05) is 51.2 Å². The van der Waals surface area contributed by atoms with E-state index in [1.807, 2.05) is 30.6 Å². The molecular formula is C24H30N6O. The predicted octanol–water partition coefficient (Wildman–Crippen LogP) is 3.02. The summed E-state index contributed by atoms with van der Waals surface area (Å²) in [5.41, 5.74) is 4.13. The fraction of sp³-hybridized carbons (Fsp3) is 0.417. The molecule has 7 heteroatoms. The van der Waals surface area contributed by atoms with E-state index in [9.17, 15) is 0 Å². The van der Waals surface area contributed by atoms with Gasteiger partial charge in [-0.2, -0.15) is 0 Å². The second-order valence-electron chi connectivity index (χ2n) is 8.43. The molecule has 0 radical (unpaired) electrons. The maximum absolute atomic E-state index is 6.08. The van der Waals surface area contributed by atoms with Gasteiger partial charge in [0, 0.05) is 74.5 Å². The van der Waals surface area contributed by atoms with Gasteiger partial charge in [-0.1, -0.05) is 0 Å². The average Bonchev–Trinajstić information content (AvgIpc) is 3.32. The van der Waals surface area contributed by atoms with Gasteiger partial charge in [-0.25, -0.2) is 4.98 Å². The quantitative estimate of drug-likeness (QED) is 0.664. The van der Waals surface area contributed by atoms with Crippen LogP contribution in [0.4, 0.5) is 5.82 Å². The van der Waals surface area contributed by atoms with Gasteiger partial charge in [-0.3, -0.25) is 4.98 Å². The number of hydrogen-bond donors (Lipinski definition) is 2. The van der Waals surface area contributed by atoms with E-state index in [0.29, 0.717) is 5.88 Å². The molecule has 0 spiro atoms. The van der Waals surface area contributed by atoms with Crippen LogP contribution in [0.2, 0.25) is 0 Å². The lowest BCUT2D eigenvalue weighted by Gasteiger charge is -2.28. The van der Waals surface area contributed by atoms with E-state index in [2.05, 4.69) is 55.3 Å². The minimum Gasteiger partial charge on any atom is -0.474 e. The molecule has 2 N–H and O–H groups in total. The van der Waals surface area contributed by atoms with Gasteiger partial charge in [0.25, 0.3) is 0 Å². The first-order valence-corrected chi connectivity index (χ1v) is 11.2. The van der Waals surface area contributed by atoms with Crippen molar-refractivity contribution in [1.82, 2.24) is 25.2 Å². The van der Waals surface area contributed by atoms with Crippen molar-refractivity contribution in [3.63, 3.8) is 0 Å². The van der Waals surface area contributed by atoms with Crippen LogP contribution in [0.3, 0.4) is 0 Å². The van der Waals surface area contributed by atoms with Gasteiger partial charge in [0.2, 0.25) is 5.88 Å². The Morgan fingerprint density at radius 2 is 1.77 bits per heavy atom. The fourth-order valence-corrected chi connectivity index (χ4v) is 4.27.